The SMILES string of the molecule is CCN(CC(=O)N1CCc2cc(OC)c(OC)cc2C1)CC(C)C#N. The molecule has 0 aromatic heterocycles. The number of benzene rings is 1. The van der Waals surface area contributed by atoms with Crippen LogP contribution in [-0.4, -0.2) is 56.1 Å². The number of rotatable bonds is 7. The van der Waals surface area contributed by atoms with Crippen LogP contribution in [0.15, 0.2) is 12.1 Å². The maximum atomic E-state index is 12.7. The summed E-state index contributed by atoms with van der Waals surface area (Å²) in [5, 5.41) is 8.97. The fourth-order valence-corrected chi connectivity index (χ4v) is 3.12. The Morgan fingerprint density at radius 1 is 1.32 bits per heavy atom. The van der Waals surface area contributed by atoms with Gasteiger partial charge in [0.25, 0.3) is 0 Å². The number of carbonyl (C=O) groups is 1. The number of ether oxygens (including phenoxy) is 2. The monoisotopic (exact) mass is 345 g/mol. The number of fused-ring (bicyclic) bond motifs is 1. The van der Waals surface area contributed by atoms with Gasteiger partial charge in [-0.2, -0.15) is 5.26 Å². The van der Waals surface area contributed by atoms with Gasteiger partial charge in [0.05, 0.1) is 32.8 Å². The summed E-state index contributed by atoms with van der Waals surface area (Å²) in [6.45, 7) is 6.91. The van der Waals surface area contributed by atoms with Gasteiger partial charge in [0.2, 0.25) is 5.91 Å². The molecule has 1 atom stereocenters. The van der Waals surface area contributed by atoms with Crippen LogP contribution < -0.4 is 9.47 Å². The van der Waals surface area contributed by atoms with Gasteiger partial charge in [-0.3, -0.25) is 9.69 Å². The zero-order chi connectivity index (χ0) is 18.4. The van der Waals surface area contributed by atoms with E-state index >= 15 is 0 Å². The summed E-state index contributed by atoms with van der Waals surface area (Å²) in [7, 11) is 3.25. The first-order valence-electron chi connectivity index (χ1n) is 8.65. The van der Waals surface area contributed by atoms with Crippen molar-refractivity contribution >= 4 is 5.91 Å². The van der Waals surface area contributed by atoms with Crippen LogP contribution >= 0.6 is 0 Å². The number of carbonyl (C=O) groups excluding carboxylic acids is 1. The highest BCUT2D eigenvalue weighted by Gasteiger charge is 2.24. The van der Waals surface area contributed by atoms with Crippen molar-refractivity contribution in [2.75, 3.05) is 40.4 Å². The second kappa shape index (κ2) is 8.72. The molecule has 0 aliphatic carbocycles. The van der Waals surface area contributed by atoms with E-state index in [-0.39, 0.29) is 11.8 Å². The summed E-state index contributed by atoms with van der Waals surface area (Å²) in [5.74, 6) is 1.44. The Balaban J connectivity index is 2.06. The second-order valence-corrected chi connectivity index (χ2v) is 6.40. The van der Waals surface area contributed by atoms with Crippen molar-refractivity contribution in [1.29, 1.82) is 5.26 Å². The lowest BCUT2D eigenvalue weighted by Crippen LogP contribution is -2.43. The second-order valence-electron chi connectivity index (χ2n) is 6.40. The molecule has 1 heterocycles. The summed E-state index contributed by atoms with van der Waals surface area (Å²) in [4.78, 5) is 16.6. The third-order valence-corrected chi connectivity index (χ3v) is 4.63. The molecular formula is C19H27N3O3. The highest BCUT2D eigenvalue weighted by Crippen LogP contribution is 2.33. The van der Waals surface area contributed by atoms with Crippen molar-refractivity contribution in [1.82, 2.24) is 9.80 Å². The van der Waals surface area contributed by atoms with Gasteiger partial charge in [-0.15, -0.1) is 0 Å². The van der Waals surface area contributed by atoms with E-state index < -0.39 is 0 Å². The van der Waals surface area contributed by atoms with Crippen molar-refractivity contribution in [3.8, 4) is 17.6 Å². The lowest BCUT2D eigenvalue weighted by Gasteiger charge is -2.31. The minimum atomic E-state index is -0.0773. The molecule has 1 aliphatic rings. The number of nitriles is 1. The average Bonchev–Trinajstić information content (AvgIpc) is 2.65. The van der Waals surface area contributed by atoms with Gasteiger partial charge in [-0.05, 0) is 43.1 Å². The van der Waals surface area contributed by atoms with Gasteiger partial charge in [-0.25, -0.2) is 0 Å². The molecule has 0 N–H and O–H groups in total. The van der Waals surface area contributed by atoms with Crippen LogP contribution in [0.5, 0.6) is 11.5 Å². The van der Waals surface area contributed by atoms with Gasteiger partial charge in [0, 0.05) is 19.6 Å². The van der Waals surface area contributed by atoms with Gasteiger partial charge in [-0.1, -0.05) is 6.92 Å². The van der Waals surface area contributed by atoms with Crippen LogP contribution in [-0.2, 0) is 17.8 Å². The fraction of sp³-hybridized carbons (Fsp3) is 0.579. The number of likely N-dealkylation sites (N-methyl/N-ethyl adjacent to an activating group) is 1. The Morgan fingerprint density at radius 3 is 2.52 bits per heavy atom. The third kappa shape index (κ3) is 4.64. The van der Waals surface area contributed by atoms with Crippen molar-refractivity contribution in [3.63, 3.8) is 0 Å². The smallest absolute Gasteiger partial charge is 0.237 e. The molecule has 0 radical (unpaired) electrons. The minimum Gasteiger partial charge on any atom is -0.493 e. The van der Waals surface area contributed by atoms with E-state index in [2.05, 4.69) is 6.07 Å². The maximum Gasteiger partial charge on any atom is 0.237 e. The summed E-state index contributed by atoms with van der Waals surface area (Å²) < 4.78 is 10.7. The van der Waals surface area contributed by atoms with Crippen LogP contribution in [0.25, 0.3) is 0 Å². The Hall–Kier alpha value is -2.26. The molecule has 0 fully saturated rings. The molecule has 0 bridgehead atoms. The van der Waals surface area contributed by atoms with Crippen molar-refractivity contribution < 1.29 is 14.3 Å². The van der Waals surface area contributed by atoms with Gasteiger partial charge in [0.1, 0.15) is 0 Å². The quantitative estimate of drug-likeness (QED) is 0.757. The first kappa shape index (κ1) is 19.1. The highest BCUT2D eigenvalue weighted by atomic mass is 16.5. The summed E-state index contributed by atoms with van der Waals surface area (Å²) in [5.41, 5.74) is 2.30. The first-order chi connectivity index (χ1) is 12.0. The average molecular weight is 345 g/mol. The number of nitrogens with zero attached hydrogens (tertiary/aromatic N) is 3. The molecule has 6 heteroatoms. The fourth-order valence-electron chi connectivity index (χ4n) is 3.12. The molecule has 1 amide bonds. The largest absolute Gasteiger partial charge is 0.493 e. The van der Waals surface area contributed by atoms with Gasteiger partial charge < -0.3 is 14.4 Å². The molecule has 1 aromatic rings. The van der Waals surface area contributed by atoms with Crippen molar-refractivity contribution in [2.24, 2.45) is 5.92 Å². The molecule has 6 nitrogen and oxygen atoms in total. The van der Waals surface area contributed by atoms with E-state index in [0.717, 1.165) is 24.3 Å². The van der Waals surface area contributed by atoms with Crippen LogP contribution in [0.1, 0.15) is 25.0 Å². The van der Waals surface area contributed by atoms with Crippen LogP contribution in [0.3, 0.4) is 0 Å². The zero-order valence-electron chi connectivity index (χ0n) is 15.5. The van der Waals surface area contributed by atoms with E-state index in [1.807, 2.05) is 35.8 Å². The standard InChI is InChI=1S/C19H27N3O3/c1-5-21(11-14(2)10-20)13-19(23)22-7-6-15-8-17(24-3)18(25-4)9-16(15)12-22/h8-9,14H,5-7,11-13H2,1-4H3. The van der Waals surface area contributed by atoms with Crippen LogP contribution in [0, 0.1) is 17.2 Å². The Bertz CT molecular complexity index is 654. The normalized spacial score (nSPS) is 14.6. The number of methoxy groups -OCH3 is 2. The maximum absolute atomic E-state index is 12.7. The Labute approximate surface area is 149 Å². The molecule has 0 saturated carbocycles. The predicted molar refractivity (Wildman–Crippen MR) is 95.6 cm³/mol. The summed E-state index contributed by atoms with van der Waals surface area (Å²) in [6, 6.07) is 6.19. The third-order valence-electron chi connectivity index (χ3n) is 4.63. The lowest BCUT2D eigenvalue weighted by molar-refractivity contribution is -0.133. The zero-order valence-corrected chi connectivity index (χ0v) is 15.5. The molecule has 25 heavy (non-hydrogen) atoms. The van der Waals surface area contributed by atoms with Crippen molar-refractivity contribution in [2.45, 2.75) is 26.8 Å². The Morgan fingerprint density at radius 2 is 1.96 bits per heavy atom. The summed E-state index contributed by atoms with van der Waals surface area (Å²) >= 11 is 0. The van der Waals surface area contributed by atoms with Gasteiger partial charge >= 0.3 is 0 Å². The number of hydrogen-bond donors (Lipinski definition) is 0. The van der Waals surface area contributed by atoms with Crippen LogP contribution in [0.2, 0.25) is 0 Å². The number of amides is 1. The first-order valence-corrected chi connectivity index (χ1v) is 8.65. The lowest BCUT2D eigenvalue weighted by atomic mass is 9.98. The van der Waals surface area contributed by atoms with E-state index in [1.54, 1.807) is 14.2 Å². The number of hydrogen-bond acceptors (Lipinski definition) is 5. The Kier molecular flexibility index (Phi) is 6.65. The van der Waals surface area contributed by atoms with Crippen LogP contribution in [0.4, 0.5) is 0 Å². The topological polar surface area (TPSA) is 65.8 Å². The molecule has 1 unspecified atom stereocenters. The molecule has 2 rings (SSSR count). The van der Waals surface area contributed by atoms with E-state index in [1.165, 1.54) is 5.56 Å². The highest BCUT2D eigenvalue weighted by molar-refractivity contribution is 5.78. The van der Waals surface area contributed by atoms with E-state index in [0.29, 0.717) is 31.9 Å². The van der Waals surface area contributed by atoms with Gasteiger partial charge in [0.15, 0.2) is 11.5 Å². The van der Waals surface area contributed by atoms with E-state index in [4.69, 9.17) is 14.7 Å². The molecular weight excluding hydrogens is 318 g/mol. The molecule has 0 saturated heterocycles. The molecule has 1 aliphatic heterocycles. The minimum absolute atomic E-state index is 0.0773. The molecule has 136 valence electrons. The summed E-state index contributed by atoms with van der Waals surface area (Å²) in [6.07, 6.45) is 0.808. The van der Waals surface area contributed by atoms with Crippen molar-refractivity contribution in [3.05, 3.63) is 23.3 Å². The predicted octanol–water partition coefficient (Wildman–Crippen LogP) is 2.07. The van der Waals surface area contributed by atoms with E-state index in [9.17, 15) is 4.79 Å². The molecule has 1 aromatic carbocycles. The molecule has 0 spiro atoms.